The molecule has 1 aliphatic heterocycles. The lowest BCUT2D eigenvalue weighted by molar-refractivity contribution is -0.129. The van der Waals surface area contributed by atoms with Crippen LogP contribution in [0.4, 0.5) is 11.4 Å². The molecule has 2 amide bonds. The van der Waals surface area contributed by atoms with Crippen LogP contribution < -0.4 is 15.5 Å². The molecule has 3 rings (SSSR count). The van der Waals surface area contributed by atoms with Crippen molar-refractivity contribution in [3.63, 3.8) is 0 Å². The Balaban J connectivity index is 1.60. The zero-order chi connectivity index (χ0) is 21.8. The van der Waals surface area contributed by atoms with Crippen LogP contribution in [0.5, 0.6) is 0 Å². The maximum atomic E-state index is 12.4. The highest BCUT2D eigenvalue weighted by Gasteiger charge is 2.20. The average Bonchev–Trinajstić information content (AvgIpc) is 2.68. The number of halogens is 3. The van der Waals surface area contributed by atoms with E-state index in [1.807, 2.05) is 17.0 Å². The van der Waals surface area contributed by atoms with Crippen molar-refractivity contribution in [3.05, 3.63) is 57.0 Å². The summed E-state index contributed by atoms with van der Waals surface area (Å²) in [5, 5.41) is 6.86. The molecule has 0 aromatic heterocycles. The second kappa shape index (κ2) is 9.83. The summed E-state index contributed by atoms with van der Waals surface area (Å²) in [5.74, 6) is -0.365. The zero-order valence-corrected chi connectivity index (χ0v) is 19.1. The Morgan fingerprint density at radius 3 is 2.27 bits per heavy atom. The molecule has 2 aromatic carbocycles. The van der Waals surface area contributed by atoms with Gasteiger partial charge in [-0.3, -0.25) is 14.9 Å². The van der Waals surface area contributed by atoms with Gasteiger partial charge in [0.05, 0.1) is 21.3 Å². The fraction of sp³-hybridized carbons (Fsp3) is 0.250. The Morgan fingerprint density at radius 1 is 0.967 bits per heavy atom. The van der Waals surface area contributed by atoms with Crippen molar-refractivity contribution in [2.75, 3.05) is 36.4 Å². The summed E-state index contributed by atoms with van der Waals surface area (Å²) in [6, 6.07) is 10.0. The monoisotopic (exact) mass is 484 g/mol. The van der Waals surface area contributed by atoms with Crippen molar-refractivity contribution >= 4 is 75.3 Å². The highest BCUT2D eigenvalue weighted by Crippen LogP contribution is 2.29. The molecule has 2 N–H and O–H groups in total. The molecule has 0 saturated carbocycles. The molecule has 1 fully saturated rings. The largest absolute Gasteiger partial charge is 0.367 e. The van der Waals surface area contributed by atoms with E-state index in [0.29, 0.717) is 41.9 Å². The number of rotatable bonds is 3. The molecule has 158 valence electrons. The van der Waals surface area contributed by atoms with Crippen LogP contribution in [-0.2, 0) is 4.79 Å². The van der Waals surface area contributed by atoms with E-state index < -0.39 is 5.91 Å². The molecule has 10 heteroatoms. The summed E-state index contributed by atoms with van der Waals surface area (Å²) in [5.41, 5.74) is 1.79. The van der Waals surface area contributed by atoms with Crippen molar-refractivity contribution in [1.82, 2.24) is 10.2 Å². The molecule has 1 heterocycles. The Bertz CT molecular complexity index is 994. The van der Waals surface area contributed by atoms with Gasteiger partial charge >= 0.3 is 0 Å². The fourth-order valence-electron chi connectivity index (χ4n) is 3.11. The molecular weight excluding hydrogens is 467 g/mol. The van der Waals surface area contributed by atoms with Gasteiger partial charge in [0.15, 0.2) is 5.11 Å². The highest BCUT2D eigenvalue weighted by molar-refractivity contribution is 7.80. The van der Waals surface area contributed by atoms with Crippen LogP contribution in [-0.4, -0.2) is 48.0 Å². The highest BCUT2D eigenvalue weighted by atomic mass is 35.5. The first kappa shape index (κ1) is 22.6. The molecule has 0 radical (unpaired) electrons. The normalized spacial score (nSPS) is 13.7. The number of amides is 2. The van der Waals surface area contributed by atoms with E-state index in [2.05, 4.69) is 15.5 Å². The van der Waals surface area contributed by atoms with Crippen molar-refractivity contribution in [2.45, 2.75) is 6.92 Å². The third kappa shape index (κ3) is 5.55. The van der Waals surface area contributed by atoms with Crippen LogP contribution in [0.1, 0.15) is 17.3 Å². The Labute approximate surface area is 195 Å². The number of anilines is 2. The molecule has 0 atom stereocenters. The lowest BCUT2D eigenvalue weighted by Crippen LogP contribution is -2.48. The van der Waals surface area contributed by atoms with Gasteiger partial charge in [-0.05, 0) is 48.6 Å². The molecule has 0 unspecified atom stereocenters. The molecule has 1 aliphatic rings. The molecule has 0 aliphatic carbocycles. The van der Waals surface area contributed by atoms with Gasteiger partial charge in [0.1, 0.15) is 0 Å². The van der Waals surface area contributed by atoms with Gasteiger partial charge in [-0.15, -0.1) is 0 Å². The first-order valence-corrected chi connectivity index (χ1v) is 10.7. The van der Waals surface area contributed by atoms with Crippen molar-refractivity contribution in [2.24, 2.45) is 0 Å². The van der Waals surface area contributed by atoms with E-state index in [0.717, 1.165) is 5.69 Å². The number of carbonyl (C=O) groups excluding carboxylic acids is 2. The lowest BCUT2D eigenvalue weighted by Gasteiger charge is -2.36. The van der Waals surface area contributed by atoms with E-state index in [-0.39, 0.29) is 21.6 Å². The average molecular weight is 486 g/mol. The van der Waals surface area contributed by atoms with Crippen LogP contribution in [0.2, 0.25) is 15.1 Å². The number of benzene rings is 2. The van der Waals surface area contributed by atoms with Gasteiger partial charge in [-0.25, -0.2) is 0 Å². The summed E-state index contributed by atoms with van der Waals surface area (Å²) in [4.78, 5) is 27.8. The number of hydrogen-bond donors (Lipinski definition) is 2. The standard InChI is InChI=1S/C20H19Cl3N4O2S/c1-12(28)26-6-8-27(9-7-26)18-5-3-14(11-17(18)23)24-20(30)25-19(29)15-4-2-13(21)10-16(15)22/h2-5,10-11H,6-9H2,1H3,(H2,24,25,29,30). The van der Waals surface area contributed by atoms with E-state index in [4.69, 9.17) is 47.0 Å². The van der Waals surface area contributed by atoms with Gasteiger partial charge in [0.25, 0.3) is 5.91 Å². The van der Waals surface area contributed by atoms with Crippen molar-refractivity contribution in [1.29, 1.82) is 0 Å². The summed E-state index contributed by atoms with van der Waals surface area (Å²) in [7, 11) is 0. The van der Waals surface area contributed by atoms with Crippen molar-refractivity contribution < 1.29 is 9.59 Å². The third-order valence-corrected chi connectivity index (χ3v) is 5.73. The number of nitrogens with one attached hydrogen (secondary N) is 2. The summed E-state index contributed by atoms with van der Waals surface area (Å²) in [6.07, 6.45) is 0. The second-order valence-corrected chi connectivity index (χ2v) is 8.35. The number of piperazine rings is 1. The fourth-order valence-corrected chi connectivity index (χ4v) is 4.11. The summed E-state index contributed by atoms with van der Waals surface area (Å²) >= 11 is 23.6. The number of hydrogen-bond acceptors (Lipinski definition) is 4. The van der Waals surface area contributed by atoms with E-state index in [1.54, 1.807) is 19.1 Å². The molecule has 2 aromatic rings. The minimum absolute atomic E-state index is 0.0794. The molecular formula is C20H19Cl3N4O2S. The van der Waals surface area contributed by atoms with Crippen LogP contribution in [0.25, 0.3) is 0 Å². The molecule has 1 saturated heterocycles. The minimum atomic E-state index is -0.444. The lowest BCUT2D eigenvalue weighted by atomic mass is 10.2. The third-order valence-electron chi connectivity index (χ3n) is 4.67. The number of thiocarbonyl (C=S) groups is 1. The summed E-state index contributed by atoms with van der Waals surface area (Å²) in [6.45, 7) is 4.32. The number of carbonyl (C=O) groups is 2. The van der Waals surface area contributed by atoms with Crippen LogP contribution in [0.15, 0.2) is 36.4 Å². The first-order valence-electron chi connectivity index (χ1n) is 9.12. The van der Waals surface area contributed by atoms with Gasteiger partial charge in [0, 0.05) is 43.8 Å². The van der Waals surface area contributed by atoms with Crippen LogP contribution in [0, 0.1) is 0 Å². The Kier molecular flexibility index (Phi) is 7.41. The van der Waals surface area contributed by atoms with Gasteiger partial charge in [-0.1, -0.05) is 34.8 Å². The first-order chi connectivity index (χ1) is 14.2. The minimum Gasteiger partial charge on any atom is -0.367 e. The van der Waals surface area contributed by atoms with Crippen molar-refractivity contribution in [3.8, 4) is 0 Å². The van der Waals surface area contributed by atoms with Gasteiger partial charge in [0.2, 0.25) is 5.91 Å². The second-order valence-electron chi connectivity index (χ2n) is 6.69. The molecule has 6 nitrogen and oxygen atoms in total. The number of nitrogens with zero attached hydrogens (tertiary/aromatic N) is 2. The summed E-state index contributed by atoms with van der Waals surface area (Å²) < 4.78 is 0. The SMILES string of the molecule is CC(=O)N1CCN(c2ccc(NC(=S)NC(=O)c3ccc(Cl)cc3Cl)cc2Cl)CC1. The smallest absolute Gasteiger partial charge is 0.258 e. The quantitative estimate of drug-likeness (QED) is 0.629. The predicted octanol–water partition coefficient (Wildman–Crippen LogP) is 4.44. The topological polar surface area (TPSA) is 64.7 Å². The van der Waals surface area contributed by atoms with E-state index in [1.165, 1.54) is 12.1 Å². The Hall–Kier alpha value is -2.06. The van der Waals surface area contributed by atoms with Gasteiger partial charge < -0.3 is 15.1 Å². The Morgan fingerprint density at radius 2 is 1.67 bits per heavy atom. The zero-order valence-electron chi connectivity index (χ0n) is 16.0. The predicted molar refractivity (Wildman–Crippen MR) is 126 cm³/mol. The van der Waals surface area contributed by atoms with Crippen LogP contribution in [0.3, 0.4) is 0 Å². The van der Waals surface area contributed by atoms with E-state index >= 15 is 0 Å². The molecule has 30 heavy (non-hydrogen) atoms. The molecule has 0 spiro atoms. The van der Waals surface area contributed by atoms with Gasteiger partial charge in [-0.2, -0.15) is 0 Å². The van der Waals surface area contributed by atoms with Crippen LogP contribution >= 0.6 is 47.0 Å². The maximum absolute atomic E-state index is 12.4. The van der Waals surface area contributed by atoms with E-state index in [9.17, 15) is 9.59 Å². The molecule has 0 bridgehead atoms. The maximum Gasteiger partial charge on any atom is 0.258 e.